The molecule has 0 atom stereocenters. The first kappa shape index (κ1) is 18.6. The number of hydrogen-bond donors (Lipinski definition) is 2. The maximum Gasteiger partial charge on any atom is 0.206 e. The minimum Gasteiger partial charge on any atom is -0.504 e. The largest absolute Gasteiger partial charge is 0.504 e. The second kappa shape index (κ2) is 8.01. The highest BCUT2D eigenvalue weighted by atomic mass is 32.1. The monoisotopic (exact) mass is 383 g/mol. The molecule has 27 heavy (non-hydrogen) atoms. The number of nitrogens with zero attached hydrogens (tertiary/aromatic N) is 3. The molecule has 7 heteroatoms. The molecule has 0 aliphatic heterocycles. The summed E-state index contributed by atoms with van der Waals surface area (Å²) in [6.07, 6.45) is 1.55. The van der Waals surface area contributed by atoms with Gasteiger partial charge in [-0.15, -0.1) is 11.3 Å². The summed E-state index contributed by atoms with van der Waals surface area (Å²) in [6, 6.07) is 10.6. The molecule has 138 valence electrons. The number of hydrogen-bond acceptors (Lipinski definition) is 5. The lowest BCUT2D eigenvalue weighted by molar-refractivity contribution is 0.403. The predicted molar refractivity (Wildman–Crippen MR) is 106 cm³/mol. The van der Waals surface area contributed by atoms with E-state index >= 15 is 0 Å². The normalized spacial score (nSPS) is 12.0. The molecule has 0 bridgehead atoms. The van der Waals surface area contributed by atoms with Crippen LogP contribution in [0.5, 0.6) is 11.5 Å². The van der Waals surface area contributed by atoms with Gasteiger partial charge in [0.1, 0.15) is 5.82 Å². The SMILES string of the molecule is C=C(C)CN=c1scc(-c2ccc(F)cc2)n1N=Cc1ccc(O)c(O)c1. The number of aromatic hydroxyl groups is 2. The van der Waals surface area contributed by atoms with E-state index in [-0.39, 0.29) is 17.3 Å². The lowest BCUT2D eigenvalue weighted by atomic mass is 10.2. The van der Waals surface area contributed by atoms with Crippen molar-refractivity contribution < 1.29 is 14.6 Å². The van der Waals surface area contributed by atoms with Gasteiger partial charge in [0.25, 0.3) is 0 Å². The standard InChI is InChI=1S/C20H18FN3O2S/c1-13(2)10-22-20-24(23-11-14-3-8-18(25)19(26)9-14)17(12-27-20)15-4-6-16(21)7-5-15/h3-9,11-12,25-26H,1,10H2,2H3. The molecule has 0 fully saturated rings. The van der Waals surface area contributed by atoms with E-state index in [9.17, 15) is 14.6 Å². The number of aromatic nitrogens is 1. The second-order valence-corrected chi connectivity index (χ2v) is 6.82. The van der Waals surface area contributed by atoms with Gasteiger partial charge in [0, 0.05) is 10.9 Å². The lowest BCUT2D eigenvalue weighted by Crippen LogP contribution is -2.13. The molecular weight excluding hydrogens is 365 g/mol. The zero-order valence-electron chi connectivity index (χ0n) is 14.6. The fourth-order valence-electron chi connectivity index (χ4n) is 2.29. The molecule has 0 amide bonds. The van der Waals surface area contributed by atoms with Gasteiger partial charge in [-0.3, -0.25) is 4.99 Å². The first-order valence-electron chi connectivity index (χ1n) is 8.12. The molecular formula is C20H18FN3O2S. The Balaban J connectivity index is 2.06. The third kappa shape index (κ3) is 4.51. The van der Waals surface area contributed by atoms with Gasteiger partial charge in [-0.05, 0) is 55.0 Å². The van der Waals surface area contributed by atoms with E-state index in [0.717, 1.165) is 16.8 Å². The van der Waals surface area contributed by atoms with E-state index in [4.69, 9.17) is 0 Å². The highest BCUT2D eigenvalue weighted by Crippen LogP contribution is 2.24. The van der Waals surface area contributed by atoms with Crippen LogP contribution in [0.15, 0.2) is 70.1 Å². The highest BCUT2D eigenvalue weighted by Gasteiger charge is 2.08. The van der Waals surface area contributed by atoms with E-state index < -0.39 is 0 Å². The fourth-order valence-corrected chi connectivity index (χ4v) is 3.12. The van der Waals surface area contributed by atoms with Crippen LogP contribution in [0.3, 0.4) is 0 Å². The van der Waals surface area contributed by atoms with E-state index in [1.165, 1.54) is 35.6 Å². The summed E-state index contributed by atoms with van der Waals surface area (Å²) >= 11 is 1.42. The van der Waals surface area contributed by atoms with Gasteiger partial charge in [-0.25, -0.2) is 9.07 Å². The van der Waals surface area contributed by atoms with Gasteiger partial charge >= 0.3 is 0 Å². The van der Waals surface area contributed by atoms with Crippen molar-refractivity contribution >= 4 is 17.6 Å². The number of rotatable bonds is 5. The summed E-state index contributed by atoms with van der Waals surface area (Å²) in [6.45, 7) is 6.22. The number of halogens is 1. The Morgan fingerprint density at radius 3 is 2.59 bits per heavy atom. The van der Waals surface area contributed by atoms with E-state index in [1.54, 1.807) is 29.1 Å². The molecule has 1 aromatic heterocycles. The third-order valence-corrected chi connectivity index (χ3v) is 4.49. The number of phenols is 2. The predicted octanol–water partition coefficient (Wildman–Crippen LogP) is 4.13. The number of phenolic OH excluding ortho intramolecular Hbond substituents is 2. The van der Waals surface area contributed by atoms with Crippen LogP contribution in [0, 0.1) is 5.82 Å². The van der Waals surface area contributed by atoms with Crippen molar-refractivity contribution in [3.05, 3.63) is 76.2 Å². The average Bonchev–Trinajstić information content (AvgIpc) is 3.04. The molecule has 3 rings (SSSR count). The summed E-state index contributed by atoms with van der Waals surface area (Å²) in [5.74, 6) is -0.726. The maximum atomic E-state index is 13.3. The summed E-state index contributed by atoms with van der Waals surface area (Å²) < 4.78 is 14.9. The van der Waals surface area contributed by atoms with Crippen LogP contribution in [0.25, 0.3) is 11.3 Å². The fraction of sp³-hybridized carbons (Fsp3) is 0.100. The molecule has 1 heterocycles. The lowest BCUT2D eigenvalue weighted by Gasteiger charge is -2.04. The first-order valence-corrected chi connectivity index (χ1v) is 8.99. The molecule has 2 N–H and O–H groups in total. The van der Waals surface area contributed by atoms with Crippen molar-refractivity contribution in [3.8, 4) is 22.8 Å². The Morgan fingerprint density at radius 1 is 1.19 bits per heavy atom. The maximum absolute atomic E-state index is 13.3. The van der Waals surface area contributed by atoms with Gasteiger partial charge in [0.15, 0.2) is 11.5 Å². The Labute approximate surface area is 159 Å². The van der Waals surface area contributed by atoms with Crippen LogP contribution in [0.1, 0.15) is 12.5 Å². The van der Waals surface area contributed by atoms with Crippen molar-refractivity contribution in [1.82, 2.24) is 4.68 Å². The molecule has 2 aromatic carbocycles. The van der Waals surface area contributed by atoms with Crippen LogP contribution in [0.2, 0.25) is 0 Å². The summed E-state index contributed by atoms with van der Waals surface area (Å²) in [5.41, 5.74) is 3.10. The minimum atomic E-state index is -0.309. The topological polar surface area (TPSA) is 70.1 Å². The van der Waals surface area contributed by atoms with Crippen molar-refractivity contribution in [1.29, 1.82) is 0 Å². The van der Waals surface area contributed by atoms with Crippen LogP contribution < -0.4 is 4.80 Å². The van der Waals surface area contributed by atoms with Gasteiger partial charge in [-0.2, -0.15) is 5.10 Å². The third-order valence-electron chi connectivity index (χ3n) is 3.63. The molecule has 3 aromatic rings. The molecule has 0 spiro atoms. The molecule has 0 aliphatic carbocycles. The second-order valence-electron chi connectivity index (χ2n) is 5.99. The van der Waals surface area contributed by atoms with E-state index in [2.05, 4.69) is 16.7 Å². The summed E-state index contributed by atoms with van der Waals surface area (Å²) in [5, 5.41) is 25.4. The van der Waals surface area contributed by atoms with Gasteiger partial charge in [0.05, 0.1) is 18.5 Å². The van der Waals surface area contributed by atoms with Crippen molar-refractivity contribution in [2.45, 2.75) is 6.92 Å². The highest BCUT2D eigenvalue weighted by molar-refractivity contribution is 7.07. The molecule has 0 unspecified atom stereocenters. The molecule has 0 radical (unpaired) electrons. The van der Waals surface area contributed by atoms with Gasteiger partial charge in [-0.1, -0.05) is 12.2 Å². The number of benzene rings is 2. The zero-order valence-corrected chi connectivity index (χ0v) is 15.4. The molecule has 0 saturated heterocycles. The van der Waals surface area contributed by atoms with Crippen LogP contribution in [0.4, 0.5) is 4.39 Å². The zero-order chi connectivity index (χ0) is 19.4. The summed E-state index contributed by atoms with van der Waals surface area (Å²) in [4.78, 5) is 5.18. The van der Waals surface area contributed by atoms with Crippen molar-refractivity contribution in [2.24, 2.45) is 10.1 Å². The van der Waals surface area contributed by atoms with Gasteiger partial charge < -0.3 is 10.2 Å². The van der Waals surface area contributed by atoms with Crippen molar-refractivity contribution in [2.75, 3.05) is 6.54 Å². The Morgan fingerprint density at radius 2 is 1.93 bits per heavy atom. The smallest absolute Gasteiger partial charge is 0.206 e. The average molecular weight is 383 g/mol. The Bertz CT molecular complexity index is 1070. The minimum absolute atomic E-state index is 0.195. The Hall–Kier alpha value is -3.19. The Kier molecular flexibility index (Phi) is 5.52. The van der Waals surface area contributed by atoms with Crippen molar-refractivity contribution in [3.63, 3.8) is 0 Å². The van der Waals surface area contributed by atoms with Crippen LogP contribution >= 0.6 is 11.3 Å². The molecule has 5 nitrogen and oxygen atoms in total. The van der Waals surface area contributed by atoms with E-state index in [1.807, 2.05) is 12.3 Å². The molecule has 0 saturated carbocycles. The van der Waals surface area contributed by atoms with Crippen LogP contribution in [-0.2, 0) is 0 Å². The van der Waals surface area contributed by atoms with Crippen LogP contribution in [-0.4, -0.2) is 27.6 Å². The quantitative estimate of drug-likeness (QED) is 0.395. The van der Waals surface area contributed by atoms with Gasteiger partial charge in [0.2, 0.25) is 4.80 Å². The van der Waals surface area contributed by atoms with E-state index in [0.29, 0.717) is 16.9 Å². The first-order chi connectivity index (χ1) is 12.9. The molecule has 0 aliphatic rings. The summed E-state index contributed by atoms with van der Waals surface area (Å²) in [7, 11) is 0. The number of thiazole rings is 1.